The molecule has 228 valence electrons. The Morgan fingerprint density at radius 2 is 1.71 bits per heavy atom. The van der Waals surface area contributed by atoms with Crippen LogP contribution in [0.1, 0.15) is 105 Å². The van der Waals surface area contributed by atoms with Crippen LogP contribution in [0.5, 0.6) is 0 Å². The zero-order valence-corrected chi connectivity index (χ0v) is 29.1. The van der Waals surface area contributed by atoms with Gasteiger partial charge in [0.25, 0.3) is 0 Å². The van der Waals surface area contributed by atoms with Gasteiger partial charge >= 0.3 is 5.97 Å². The summed E-state index contributed by atoms with van der Waals surface area (Å²) in [5.74, 6) is 2.53. The van der Waals surface area contributed by atoms with Gasteiger partial charge in [-0.05, 0) is 162 Å². The molecule has 1 aromatic carbocycles. The van der Waals surface area contributed by atoms with Gasteiger partial charge in [-0.1, -0.05) is 58.9 Å². The molecule has 0 saturated heterocycles. The second kappa shape index (κ2) is 10.0. The van der Waals surface area contributed by atoms with Gasteiger partial charge in [-0.3, -0.25) is 9.59 Å². The monoisotopic (exact) mass is 682 g/mol. The molecule has 0 aromatic heterocycles. The molecule has 0 N–H and O–H groups in total. The first-order valence-electron chi connectivity index (χ1n) is 16.4. The van der Waals surface area contributed by atoms with Gasteiger partial charge in [-0.15, -0.1) is 0 Å². The van der Waals surface area contributed by atoms with E-state index in [-0.39, 0.29) is 33.0 Å². The predicted molar refractivity (Wildman–Crippen MR) is 179 cm³/mol. The summed E-state index contributed by atoms with van der Waals surface area (Å²) in [6.45, 7) is 18.9. The molecule has 5 saturated carbocycles. The van der Waals surface area contributed by atoms with Crippen molar-refractivity contribution in [3.05, 3.63) is 51.1 Å². The first-order valence-corrected chi connectivity index (χ1v) is 17.5. The Bertz CT molecular complexity index is 1360. The summed E-state index contributed by atoms with van der Waals surface area (Å²) < 4.78 is 6.75. The van der Waals surface area contributed by atoms with E-state index in [0.29, 0.717) is 35.4 Å². The SMILES string of the molecule is C=C(C)[C@H]1CC[C@@]2(C(=O)OC)CC[C@@]3(C)[C@@H](CC[C@H]4[C@@]5(C)C/C(=C\c6cccc(I)c6)C(=O)C(C)(C)[C@@H]5CC[C@@]43C)[C@H]12. The summed E-state index contributed by atoms with van der Waals surface area (Å²) in [6.07, 6.45) is 11.7. The third kappa shape index (κ3) is 4.01. The summed E-state index contributed by atoms with van der Waals surface area (Å²) >= 11 is 2.36. The summed E-state index contributed by atoms with van der Waals surface area (Å²) in [6, 6.07) is 8.53. The van der Waals surface area contributed by atoms with E-state index in [4.69, 9.17) is 4.74 Å². The van der Waals surface area contributed by atoms with Crippen LogP contribution in [0.4, 0.5) is 0 Å². The number of carbonyl (C=O) groups is 2. The first kappa shape index (κ1) is 30.6. The minimum absolute atomic E-state index is 0.0270. The van der Waals surface area contributed by atoms with Crippen LogP contribution in [0, 0.1) is 60.2 Å². The normalized spacial score (nSPS) is 44.9. The number of Topliss-reactive ketones (excluding diaryl/α,β-unsaturated/α-hetero) is 1. The predicted octanol–water partition coefficient (Wildman–Crippen LogP) is 9.68. The third-order valence-corrected chi connectivity index (χ3v) is 15.1. The number of halogens is 1. The molecule has 0 aliphatic heterocycles. The van der Waals surface area contributed by atoms with Gasteiger partial charge in [0.1, 0.15) is 0 Å². The van der Waals surface area contributed by atoms with Crippen LogP contribution >= 0.6 is 22.6 Å². The number of fused-ring (bicyclic) bond motifs is 7. The summed E-state index contributed by atoms with van der Waals surface area (Å²) in [5.41, 5.74) is 3.05. The molecule has 42 heavy (non-hydrogen) atoms. The van der Waals surface area contributed by atoms with E-state index >= 15 is 0 Å². The highest BCUT2D eigenvalue weighted by Gasteiger charge is 2.72. The average Bonchev–Trinajstić information content (AvgIpc) is 3.33. The van der Waals surface area contributed by atoms with Crippen molar-refractivity contribution in [1.29, 1.82) is 0 Å². The van der Waals surface area contributed by atoms with Crippen LogP contribution in [0.3, 0.4) is 0 Å². The molecular weight excluding hydrogens is 631 g/mol. The highest BCUT2D eigenvalue weighted by Crippen LogP contribution is 2.77. The number of rotatable bonds is 3. The minimum Gasteiger partial charge on any atom is -0.469 e. The van der Waals surface area contributed by atoms with Crippen LogP contribution in [0.15, 0.2) is 42.0 Å². The first-order chi connectivity index (χ1) is 19.7. The number of ketones is 1. The zero-order chi connectivity index (χ0) is 30.5. The lowest BCUT2D eigenvalue weighted by Crippen LogP contribution is -2.67. The zero-order valence-electron chi connectivity index (χ0n) is 26.9. The highest BCUT2D eigenvalue weighted by atomic mass is 127. The Morgan fingerprint density at radius 3 is 2.38 bits per heavy atom. The van der Waals surface area contributed by atoms with Crippen molar-refractivity contribution in [3.63, 3.8) is 0 Å². The van der Waals surface area contributed by atoms with Gasteiger partial charge in [0.15, 0.2) is 5.78 Å². The van der Waals surface area contributed by atoms with Crippen molar-refractivity contribution in [1.82, 2.24) is 0 Å². The van der Waals surface area contributed by atoms with E-state index in [9.17, 15) is 9.59 Å². The quantitative estimate of drug-likeness (QED) is 0.138. The maximum Gasteiger partial charge on any atom is 0.312 e. The lowest BCUT2D eigenvalue weighted by atomic mass is 9.32. The molecule has 1 aromatic rings. The van der Waals surface area contributed by atoms with Gasteiger partial charge < -0.3 is 4.74 Å². The van der Waals surface area contributed by atoms with Gasteiger partial charge in [0, 0.05) is 8.99 Å². The molecule has 0 unspecified atom stereocenters. The van der Waals surface area contributed by atoms with Crippen LogP contribution in [-0.4, -0.2) is 18.9 Å². The second-order valence-electron chi connectivity index (χ2n) is 16.3. The maximum absolute atomic E-state index is 14.1. The Kier molecular flexibility index (Phi) is 7.31. The molecule has 0 spiro atoms. The lowest BCUT2D eigenvalue weighted by Gasteiger charge is -2.72. The summed E-state index contributed by atoms with van der Waals surface area (Å²) in [5, 5.41) is 0. The largest absolute Gasteiger partial charge is 0.469 e. The molecule has 5 aliphatic carbocycles. The molecule has 0 radical (unpaired) electrons. The van der Waals surface area contributed by atoms with Crippen molar-refractivity contribution in [2.24, 2.45) is 56.7 Å². The van der Waals surface area contributed by atoms with E-state index in [1.807, 2.05) is 0 Å². The van der Waals surface area contributed by atoms with E-state index in [1.165, 1.54) is 22.0 Å². The van der Waals surface area contributed by atoms with Crippen molar-refractivity contribution < 1.29 is 14.3 Å². The highest BCUT2D eigenvalue weighted by molar-refractivity contribution is 14.1. The van der Waals surface area contributed by atoms with Crippen LogP contribution in [0.25, 0.3) is 6.08 Å². The Hall–Kier alpha value is -1.43. The number of allylic oxidation sites excluding steroid dienone is 2. The van der Waals surface area contributed by atoms with Crippen molar-refractivity contribution in [2.75, 3.05) is 7.11 Å². The topological polar surface area (TPSA) is 43.4 Å². The molecule has 9 atom stereocenters. The molecule has 4 heteroatoms. The number of esters is 1. The number of hydrogen-bond acceptors (Lipinski definition) is 3. The van der Waals surface area contributed by atoms with E-state index < -0.39 is 0 Å². The molecule has 5 fully saturated rings. The van der Waals surface area contributed by atoms with Gasteiger partial charge in [-0.2, -0.15) is 0 Å². The number of hydrogen-bond donors (Lipinski definition) is 0. The van der Waals surface area contributed by atoms with E-state index in [1.54, 1.807) is 7.11 Å². The maximum atomic E-state index is 14.1. The van der Waals surface area contributed by atoms with Crippen molar-refractivity contribution >= 4 is 40.4 Å². The van der Waals surface area contributed by atoms with Crippen molar-refractivity contribution in [2.45, 2.75) is 99.3 Å². The number of benzene rings is 1. The molecule has 6 rings (SSSR count). The molecule has 0 amide bonds. The summed E-state index contributed by atoms with van der Waals surface area (Å²) in [7, 11) is 1.59. The Labute approximate surface area is 267 Å². The molecule has 0 bridgehead atoms. The van der Waals surface area contributed by atoms with Gasteiger partial charge in [0.2, 0.25) is 0 Å². The number of carbonyl (C=O) groups excluding carboxylic acids is 2. The molecule has 0 heterocycles. The third-order valence-electron chi connectivity index (χ3n) is 14.4. The van der Waals surface area contributed by atoms with E-state index in [0.717, 1.165) is 56.1 Å². The van der Waals surface area contributed by atoms with Gasteiger partial charge in [0.05, 0.1) is 12.5 Å². The van der Waals surface area contributed by atoms with Crippen LogP contribution in [0.2, 0.25) is 0 Å². The number of ether oxygens (including phenoxy) is 1. The summed E-state index contributed by atoms with van der Waals surface area (Å²) in [4.78, 5) is 27.6. The van der Waals surface area contributed by atoms with Crippen LogP contribution in [-0.2, 0) is 14.3 Å². The van der Waals surface area contributed by atoms with Crippen molar-refractivity contribution in [3.8, 4) is 0 Å². The fraction of sp³-hybridized carbons (Fsp3) is 0.684. The average molecular weight is 683 g/mol. The fourth-order valence-electron chi connectivity index (χ4n) is 12.5. The standard InChI is InChI=1S/C38H51IO3/c1-23(2)27-14-17-38(33(41)42-8)19-18-36(6)28(31(27)38)12-13-30-35(5)22-25(20-24-10-9-11-26(39)21-24)32(40)34(3,4)29(35)15-16-37(30,36)7/h9-11,20-21,27-31H,1,12-19,22H2,2-8H3/b25-20+/t27-,28+,29+,30+,31+,35+,36+,37+,38-/m1/s1. The molecule has 3 nitrogen and oxygen atoms in total. The minimum atomic E-state index is -0.372. The van der Waals surface area contributed by atoms with Crippen LogP contribution < -0.4 is 0 Å². The Morgan fingerprint density at radius 1 is 0.976 bits per heavy atom. The Balaban J connectivity index is 1.42. The lowest BCUT2D eigenvalue weighted by molar-refractivity contribution is -0.232. The molecular formula is C38H51IO3. The van der Waals surface area contributed by atoms with Gasteiger partial charge in [-0.25, -0.2) is 0 Å². The van der Waals surface area contributed by atoms with E-state index in [2.05, 4.69) is 101 Å². The molecule has 5 aliphatic rings. The number of methoxy groups -OCH3 is 1. The smallest absolute Gasteiger partial charge is 0.312 e. The second-order valence-corrected chi connectivity index (χ2v) is 17.5. The fourth-order valence-corrected chi connectivity index (χ4v) is 13.0.